The number of aromatic nitrogens is 1. The fraction of sp³-hybridized carbons (Fsp3) is 0.250. The van der Waals surface area contributed by atoms with Crippen LogP contribution in [-0.4, -0.2) is 39.3 Å². The Morgan fingerprint density at radius 1 is 1.09 bits per heavy atom. The van der Waals surface area contributed by atoms with Gasteiger partial charge in [-0.25, -0.2) is 0 Å². The van der Waals surface area contributed by atoms with Crippen LogP contribution in [0.3, 0.4) is 0 Å². The van der Waals surface area contributed by atoms with E-state index in [1.54, 1.807) is 12.1 Å². The van der Waals surface area contributed by atoms with Crippen LogP contribution in [0.4, 0.5) is 13.2 Å². The molecule has 0 saturated carbocycles. The molecule has 0 saturated heterocycles. The highest BCUT2D eigenvalue weighted by atomic mass is 19.4. The third kappa shape index (κ3) is 6.15. The number of alkyl halides is 3. The van der Waals surface area contributed by atoms with E-state index in [9.17, 15) is 22.8 Å². The van der Waals surface area contributed by atoms with Gasteiger partial charge in [0.2, 0.25) is 5.91 Å². The standard InChI is InChI=1S/C24H24F3N3O3/c1-3-11-29(23(32)18-7-4-8-19(14-18)24(25,26)27)17-22(31)30(16-21-10-6-13-33-21)15-20-9-5-12-28(20)2/h3-10,12-14H,1,11,15-17H2,2H3. The number of hydrogen-bond donors (Lipinski definition) is 0. The van der Waals surface area contributed by atoms with Crippen molar-refractivity contribution >= 4 is 11.8 Å². The van der Waals surface area contributed by atoms with E-state index in [0.29, 0.717) is 5.76 Å². The van der Waals surface area contributed by atoms with Crippen LogP contribution in [0.2, 0.25) is 0 Å². The van der Waals surface area contributed by atoms with Gasteiger partial charge in [-0.1, -0.05) is 12.1 Å². The van der Waals surface area contributed by atoms with E-state index in [1.807, 2.05) is 29.9 Å². The van der Waals surface area contributed by atoms with Crippen molar-refractivity contribution in [1.29, 1.82) is 0 Å². The molecule has 3 aromatic rings. The number of benzene rings is 1. The number of rotatable bonds is 9. The molecule has 174 valence electrons. The van der Waals surface area contributed by atoms with Crippen molar-refractivity contribution in [2.24, 2.45) is 7.05 Å². The van der Waals surface area contributed by atoms with Crippen LogP contribution >= 0.6 is 0 Å². The minimum absolute atomic E-state index is 0.000431. The molecule has 1 aromatic carbocycles. The molecule has 0 unspecified atom stereocenters. The molecule has 3 rings (SSSR count). The van der Waals surface area contributed by atoms with E-state index >= 15 is 0 Å². The average Bonchev–Trinajstić information content (AvgIpc) is 3.44. The molecule has 0 atom stereocenters. The topological polar surface area (TPSA) is 58.7 Å². The highest BCUT2D eigenvalue weighted by molar-refractivity contribution is 5.96. The van der Waals surface area contributed by atoms with Gasteiger partial charge in [-0.2, -0.15) is 13.2 Å². The molecule has 2 amide bonds. The summed E-state index contributed by atoms with van der Waals surface area (Å²) < 4.78 is 46.5. The van der Waals surface area contributed by atoms with Crippen LogP contribution in [-0.2, 0) is 31.1 Å². The summed E-state index contributed by atoms with van der Waals surface area (Å²) in [5, 5.41) is 0. The number of nitrogens with zero attached hydrogens (tertiary/aromatic N) is 3. The number of hydrogen-bond acceptors (Lipinski definition) is 3. The maximum absolute atomic E-state index is 13.2. The predicted molar refractivity (Wildman–Crippen MR) is 116 cm³/mol. The first-order valence-corrected chi connectivity index (χ1v) is 10.2. The second kappa shape index (κ2) is 10.2. The lowest BCUT2D eigenvalue weighted by Crippen LogP contribution is -2.42. The molecule has 0 aliphatic rings. The van der Waals surface area contributed by atoms with Gasteiger partial charge in [0, 0.05) is 31.0 Å². The van der Waals surface area contributed by atoms with Crippen molar-refractivity contribution in [1.82, 2.24) is 14.4 Å². The predicted octanol–water partition coefficient (Wildman–Crippen LogP) is 4.49. The Labute approximate surface area is 189 Å². The Morgan fingerprint density at radius 2 is 1.88 bits per heavy atom. The number of furan rings is 1. The molecule has 9 heteroatoms. The van der Waals surface area contributed by atoms with Crippen molar-refractivity contribution in [3.05, 3.63) is 96.2 Å². The Balaban J connectivity index is 1.82. The Bertz CT molecular complexity index is 1100. The zero-order chi connectivity index (χ0) is 24.0. The van der Waals surface area contributed by atoms with E-state index < -0.39 is 17.6 Å². The normalized spacial score (nSPS) is 11.3. The van der Waals surface area contributed by atoms with Gasteiger partial charge in [-0.05, 0) is 42.5 Å². The molecule has 2 heterocycles. The van der Waals surface area contributed by atoms with Crippen LogP contribution in [0.25, 0.3) is 0 Å². The van der Waals surface area contributed by atoms with E-state index in [0.717, 1.165) is 17.8 Å². The van der Waals surface area contributed by atoms with E-state index in [4.69, 9.17) is 4.42 Å². The minimum Gasteiger partial charge on any atom is -0.467 e. The lowest BCUT2D eigenvalue weighted by molar-refractivity contribution is -0.137. The number of amides is 2. The first kappa shape index (κ1) is 23.9. The first-order chi connectivity index (χ1) is 15.7. The Hall–Kier alpha value is -3.75. The maximum atomic E-state index is 13.2. The molecule has 33 heavy (non-hydrogen) atoms. The van der Waals surface area contributed by atoms with Crippen LogP contribution in [0, 0.1) is 0 Å². The number of carbonyl (C=O) groups excluding carboxylic acids is 2. The molecule has 6 nitrogen and oxygen atoms in total. The average molecular weight is 459 g/mol. The smallest absolute Gasteiger partial charge is 0.416 e. The van der Waals surface area contributed by atoms with Crippen molar-refractivity contribution in [2.75, 3.05) is 13.1 Å². The van der Waals surface area contributed by atoms with E-state index in [1.165, 1.54) is 34.3 Å². The summed E-state index contributed by atoms with van der Waals surface area (Å²) in [5.74, 6) is -0.502. The summed E-state index contributed by atoms with van der Waals surface area (Å²) in [6.07, 6.45) is 0.199. The molecule has 0 aliphatic heterocycles. The molecule has 0 spiro atoms. The molecule has 2 aromatic heterocycles. The fourth-order valence-corrected chi connectivity index (χ4v) is 3.33. The van der Waals surface area contributed by atoms with Crippen LogP contribution < -0.4 is 0 Å². The van der Waals surface area contributed by atoms with E-state index in [2.05, 4.69) is 6.58 Å². The third-order valence-electron chi connectivity index (χ3n) is 5.08. The monoisotopic (exact) mass is 459 g/mol. The lowest BCUT2D eigenvalue weighted by atomic mass is 10.1. The highest BCUT2D eigenvalue weighted by Crippen LogP contribution is 2.29. The van der Waals surface area contributed by atoms with Gasteiger partial charge in [0.15, 0.2) is 0 Å². The fourth-order valence-electron chi connectivity index (χ4n) is 3.33. The van der Waals surface area contributed by atoms with Crippen molar-refractivity contribution in [3.8, 4) is 0 Å². The zero-order valence-corrected chi connectivity index (χ0v) is 18.1. The van der Waals surface area contributed by atoms with Gasteiger partial charge in [0.1, 0.15) is 12.3 Å². The largest absolute Gasteiger partial charge is 0.467 e. The first-order valence-electron chi connectivity index (χ1n) is 10.2. The summed E-state index contributed by atoms with van der Waals surface area (Å²) in [6.45, 7) is 3.72. The molecule has 0 fully saturated rings. The summed E-state index contributed by atoms with van der Waals surface area (Å²) in [5.41, 5.74) is -0.213. The van der Waals surface area contributed by atoms with Crippen molar-refractivity contribution in [2.45, 2.75) is 19.3 Å². The van der Waals surface area contributed by atoms with Gasteiger partial charge >= 0.3 is 6.18 Å². The van der Waals surface area contributed by atoms with Gasteiger partial charge < -0.3 is 18.8 Å². The van der Waals surface area contributed by atoms with Crippen LogP contribution in [0.15, 0.2) is 78.1 Å². The summed E-state index contributed by atoms with van der Waals surface area (Å²) in [7, 11) is 1.85. The molecular formula is C24H24F3N3O3. The highest BCUT2D eigenvalue weighted by Gasteiger charge is 2.31. The van der Waals surface area contributed by atoms with Crippen LogP contribution in [0.5, 0.6) is 0 Å². The lowest BCUT2D eigenvalue weighted by Gasteiger charge is -2.27. The van der Waals surface area contributed by atoms with Gasteiger partial charge in [0.05, 0.1) is 24.9 Å². The zero-order valence-electron chi connectivity index (χ0n) is 18.1. The SMILES string of the molecule is C=CCN(CC(=O)N(Cc1ccco1)Cc1cccn1C)C(=O)c1cccc(C(F)(F)F)c1. The second-order valence-corrected chi connectivity index (χ2v) is 7.49. The number of halogens is 3. The number of aryl methyl sites for hydroxylation is 1. The second-order valence-electron chi connectivity index (χ2n) is 7.49. The summed E-state index contributed by atoms with van der Waals surface area (Å²) >= 11 is 0. The Kier molecular flexibility index (Phi) is 7.42. The maximum Gasteiger partial charge on any atom is 0.416 e. The van der Waals surface area contributed by atoms with Gasteiger partial charge in [-0.3, -0.25) is 9.59 Å². The molecule has 0 N–H and O–H groups in total. The van der Waals surface area contributed by atoms with Gasteiger partial charge in [-0.15, -0.1) is 6.58 Å². The van der Waals surface area contributed by atoms with Crippen LogP contribution in [0.1, 0.15) is 27.4 Å². The summed E-state index contributed by atoms with van der Waals surface area (Å²) in [6, 6.07) is 11.3. The van der Waals surface area contributed by atoms with E-state index in [-0.39, 0.29) is 37.6 Å². The minimum atomic E-state index is -4.58. The van der Waals surface area contributed by atoms with Crippen molar-refractivity contribution < 1.29 is 27.2 Å². The van der Waals surface area contributed by atoms with Gasteiger partial charge in [0.25, 0.3) is 5.91 Å². The molecular weight excluding hydrogens is 435 g/mol. The quantitative estimate of drug-likeness (QED) is 0.443. The molecule has 0 aliphatic carbocycles. The third-order valence-corrected chi connectivity index (χ3v) is 5.08. The Morgan fingerprint density at radius 3 is 2.48 bits per heavy atom. The molecule has 0 bridgehead atoms. The molecule has 0 radical (unpaired) electrons. The van der Waals surface area contributed by atoms with Crippen molar-refractivity contribution in [3.63, 3.8) is 0 Å². The number of carbonyl (C=O) groups is 2. The summed E-state index contributed by atoms with van der Waals surface area (Å²) in [4.78, 5) is 28.9.